The minimum absolute atomic E-state index is 0.0658. The van der Waals surface area contributed by atoms with Gasteiger partial charge in [-0.05, 0) is 49.1 Å². The fraction of sp³-hybridized carbons (Fsp3) is 0.211. The second-order valence-corrected chi connectivity index (χ2v) is 7.27. The van der Waals surface area contributed by atoms with Crippen LogP contribution in [0.3, 0.4) is 0 Å². The SMILES string of the molecule is CC1(C)OB(O)c2cc(NC(=O)c3cnc(-n4cccn4)cc3C(F)(F)F)ccc21. The summed E-state index contributed by atoms with van der Waals surface area (Å²) in [6.07, 6.45) is -1.06. The van der Waals surface area contributed by atoms with Gasteiger partial charge in [0.05, 0.1) is 16.7 Å². The number of halogens is 3. The third kappa shape index (κ3) is 3.57. The Kier molecular flexibility index (Phi) is 4.66. The Morgan fingerprint density at radius 3 is 2.73 bits per heavy atom. The summed E-state index contributed by atoms with van der Waals surface area (Å²) >= 11 is 0. The van der Waals surface area contributed by atoms with E-state index in [1.165, 1.54) is 23.1 Å². The minimum atomic E-state index is -4.77. The fourth-order valence-electron chi connectivity index (χ4n) is 3.39. The highest BCUT2D eigenvalue weighted by Gasteiger charge is 2.41. The molecule has 1 aliphatic rings. The van der Waals surface area contributed by atoms with Crippen molar-refractivity contribution in [2.75, 3.05) is 5.32 Å². The Labute approximate surface area is 169 Å². The summed E-state index contributed by atoms with van der Waals surface area (Å²) < 4.78 is 47.4. The number of hydrogen-bond donors (Lipinski definition) is 2. The molecule has 1 aromatic carbocycles. The van der Waals surface area contributed by atoms with Crippen molar-refractivity contribution < 1.29 is 27.6 Å². The third-order valence-electron chi connectivity index (χ3n) is 4.81. The fourth-order valence-corrected chi connectivity index (χ4v) is 3.39. The first-order valence-electron chi connectivity index (χ1n) is 8.95. The van der Waals surface area contributed by atoms with Crippen molar-refractivity contribution in [1.29, 1.82) is 0 Å². The van der Waals surface area contributed by atoms with E-state index in [9.17, 15) is 23.0 Å². The number of carbonyl (C=O) groups excluding carboxylic acids is 1. The van der Waals surface area contributed by atoms with E-state index in [4.69, 9.17) is 4.65 Å². The lowest BCUT2D eigenvalue weighted by Gasteiger charge is -2.19. The van der Waals surface area contributed by atoms with Gasteiger partial charge in [0.15, 0.2) is 5.82 Å². The number of nitrogens with one attached hydrogen (secondary N) is 1. The molecule has 0 atom stereocenters. The van der Waals surface area contributed by atoms with E-state index in [0.717, 1.165) is 17.8 Å². The van der Waals surface area contributed by atoms with E-state index in [2.05, 4.69) is 15.4 Å². The molecule has 0 spiro atoms. The molecule has 0 saturated carbocycles. The van der Waals surface area contributed by atoms with Gasteiger partial charge < -0.3 is 15.0 Å². The zero-order valence-corrected chi connectivity index (χ0v) is 15.9. The Morgan fingerprint density at radius 1 is 1.30 bits per heavy atom. The molecular formula is C19H16BF3N4O3. The molecule has 4 rings (SSSR count). The molecule has 0 bridgehead atoms. The van der Waals surface area contributed by atoms with Gasteiger partial charge in [0.2, 0.25) is 0 Å². The van der Waals surface area contributed by atoms with Gasteiger partial charge in [-0.15, -0.1) is 0 Å². The van der Waals surface area contributed by atoms with Crippen LogP contribution in [0.15, 0.2) is 48.9 Å². The van der Waals surface area contributed by atoms with Crippen molar-refractivity contribution in [3.8, 4) is 5.82 Å². The monoisotopic (exact) mass is 416 g/mol. The van der Waals surface area contributed by atoms with Crippen LogP contribution < -0.4 is 10.8 Å². The predicted octanol–water partition coefficient (Wildman–Crippen LogP) is 2.49. The Balaban J connectivity index is 1.66. The molecule has 0 aliphatic carbocycles. The van der Waals surface area contributed by atoms with Gasteiger partial charge >= 0.3 is 13.3 Å². The topological polar surface area (TPSA) is 89.3 Å². The predicted molar refractivity (Wildman–Crippen MR) is 102 cm³/mol. The number of anilines is 1. The molecule has 1 aliphatic heterocycles. The number of pyridine rings is 1. The quantitative estimate of drug-likeness (QED) is 0.641. The summed E-state index contributed by atoms with van der Waals surface area (Å²) in [7, 11) is -1.19. The van der Waals surface area contributed by atoms with Crippen molar-refractivity contribution in [2.45, 2.75) is 25.6 Å². The van der Waals surface area contributed by atoms with Gasteiger partial charge in [0, 0.05) is 24.3 Å². The first-order chi connectivity index (χ1) is 14.1. The maximum Gasteiger partial charge on any atom is 0.492 e. The van der Waals surface area contributed by atoms with E-state index in [1.54, 1.807) is 32.0 Å². The lowest BCUT2D eigenvalue weighted by atomic mass is 9.78. The van der Waals surface area contributed by atoms with E-state index < -0.39 is 35.9 Å². The molecule has 30 heavy (non-hydrogen) atoms. The van der Waals surface area contributed by atoms with Gasteiger partial charge in [-0.25, -0.2) is 9.67 Å². The molecule has 11 heteroatoms. The van der Waals surface area contributed by atoms with E-state index in [-0.39, 0.29) is 11.5 Å². The van der Waals surface area contributed by atoms with Gasteiger partial charge in [0.25, 0.3) is 5.91 Å². The Bertz CT molecular complexity index is 1120. The van der Waals surface area contributed by atoms with Crippen molar-refractivity contribution in [3.63, 3.8) is 0 Å². The van der Waals surface area contributed by atoms with Crippen LogP contribution in [0.1, 0.15) is 35.3 Å². The summed E-state index contributed by atoms with van der Waals surface area (Å²) in [5, 5.41) is 16.4. The first kappa shape index (κ1) is 20.1. The average molecular weight is 416 g/mol. The first-order valence-corrected chi connectivity index (χ1v) is 8.95. The van der Waals surface area contributed by atoms with Gasteiger partial charge in [0.1, 0.15) is 0 Å². The standard InChI is InChI=1S/C19H16BF3N4O3/c1-18(2)13-5-4-11(8-15(13)20(29)30-18)26-17(28)12-10-24-16(27-7-3-6-25-27)9-14(12)19(21,22)23/h3-10,29H,1-2H3,(H,26,28). The smallest absolute Gasteiger partial charge is 0.423 e. The van der Waals surface area contributed by atoms with Crippen LogP contribution in [0.2, 0.25) is 0 Å². The maximum atomic E-state index is 13.6. The number of hydrogen-bond acceptors (Lipinski definition) is 5. The summed E-state index contributed by atoms with van der Waals surface area (Å²) in [5.74, 6) is -1.04. The highest BCUT2D eigenvalue weighted by Crippen LogP contribution is 2.34. The highest BCUT2D eigenvalue weighted by atomic mass is 19.4. The number of nitrogens with zero attached hydrogens (tertiary/aromatic N) is 3. The number of amides is 1. The van der Waals surface area contributed by atoms with Gasteiger partial charge in [-0.2, -0.15) is 18.3 Å². The molecule has 0 fully saturated rings. The molecule has 7 nitrogen and oxygen atoms in total. The Morgan fingerprint density at radius 2 is 2.07 bits per heavy atom. The summed E-state index contributed by atoms with van der Waals surface area (Å²) in [6.45, 7) is 3.56. The molecule has 0 unspecified atom stereocenters. The maximum absolute atomic E-state index is 13.6. The van der Waals surface area contributed by atoms with Crippen molar-refractivity contribution in [2.24, 2.45) is 0 Å². The molecule has 0 radical (unpaired) electrons. The number of aromatic nitrogens is 3. The molecule has 3 aromatic rings. The minimum Gasteiger partial charge on any atom is -0.423 e. The lowest BCUT2D eigenvalue weighted by Crippen LogP contribution is -2.29. The van der Waals surface area contributed by atoms with Crippen LogP contribution in [-0.4, -0.2) is 32.8 Å². The number of alkyl halides is 3. The molecule has 154 valence electrons. The molecule has 3 heterocycles. The number of benzene rings is 1. The molecule has 2 aromatic heterocycles. The summed E-state index contributed by atoms with van der Waals surface area (Å²) in [6, 6.07) is 6.99. The molecule has 0 saturated heterocycles. The second kappa shape index (κ2) is 6.96. The highest BCUT2D eigenvalue weighted by molar-refractivity contribution is 6.62. The van der Waals surface area contributed by atoms with Gasteiger partial charge in [-0.3, -0.25) is 4.79 Å². The number of fused-ring (bicyclic) bond motifs is 1. The van der Waals surface area contributed by atoms with Crippen molar-refractivity contribution in [1.82, 2.24) is 14.8 Å². The zero-order valence-electron chi connectivity index (χ0n) is 15.9. The normalized spacial score (nSPS) is 15.2. The number of carbonyl (C=O) groups is 1. The van der Waals surface area contributed by atoms with Crippen LogP contribution in [0, 0.1) is 0 Å². The van der Waals surface area contributed by atoms with Crippen molar-refractivity contribution >= 4 is 24.2 Å². The lowest BCUT2D eigenvalue weighted by molar-refractivity contribution is -0.138. The summed E-state index contributed by atoms with van der Waals surface area (Å²) in [4.78, 5) is 16.5. The molecule has 2 N–H and O–H groups in total. The second-order valence-electron chi connectivity index (χ2n) is 7.27. The van der Waals surface area contributed by atoms with Crippen LogP contribution >= 0.6 is 0 Å². The van der Waals surface area contributed by atoms with Gasteiger partial charge in [-0.1, -0.05) is 6.07 Å². The zero-order chi connectivity index (χ0) is 21.7. The van der Waals surface area contributed by atoms with Crippen LogP contribution in [-0.2, 0) is 16.4 Å². The van der Waals surface area contributed by atoms with E-state index >= 15 is 0 Å². The third-order valence-corrected chi connectivity index (χ3v) is 4.81. The number of rotatable bonds is 3. The van der Waals surface area contributed by atoms with Crippen molar-refractivity contribution in [3.05, 3.63) is 65.6 Å². The summed E-state index contributed by atoms with van der Waals surface area (Å²) in [5.41, 5.74) is -1.08. The van der Waals surface area contributed by atoms with Crippen LogP contribution in [0.25, 0.3) is 5.82 Å². The van der Waals surface area contributed by atoms with Crippen LogP contribution in [0.4, 0.5) is 18.9 Å². The average Bonchev–Trinajstić information content (AvgIpc) is 3.27. The molecular weight excluding hydrogens is 400 g/mol. The van der Waals surface area contributed by atoms with E-state index in [1.807, 2.05) is 0 Å². The molecule has 1 amide bonds. The Hall–Kier alpha value is -3.18. The largest absolute Gasteiger partial charge is 0.492 e. The van der Waals surface area contributed by atoms with Crippen LogP contribution in [0.5, 0.6) is 0 Å². The van der Waals surface area contributed by atoms with E-state index in [0.29, 0.717) is 5.46 Å².